The molecule has 1 N–H and O–H groups in total. The number of nitrogens with zero attached hydrogens (tertiary/aromatic N) is 1. The van der Waals surface area contributed by atoms with Crippen molar-refractivity contribution in [2.45, 2.75) is 11.8 Å². The summed E-state index contributed by atoms with van der Waals surface area (Å²) < 4.78 is 28.5. The third-order valence-electron chi connectivity index (χ3n) is 2.80. The molecule has 0 aliphatic heterocycles. The van der Waals surface area contributed by atoms with E-state index in [1.807, 2.05) is 50.1 Å². The van der Waals surface area contributed by atoms with Gasteiger partial charge in [-0.2, -0.15) is 8.42 Å². The number of benzene rings is 1. The number of hydrogen-bond acceptors (Lipinski definition) is 4. The van der Waals surface area contributed by atoms with E-state index in [1.165, 1.54) is 12.1 Å². The fourth-order valence-electron chi connectivity index (χ4n) is 1.47. The number of aromatic nitrogens is 1. The topological polar surface area (TPSA) is 59.3 Å². The van der Waals surface area contributed by atoms with Crippen LogP contribution in [0.25, 0.3) is 0 Å². The van der Waals surface area contributed by atoms with Gasteiger partial charge in [0.2, 0.25) is 0 Å². The van der Waals surface area contributed by atoms with Crippen LogP contribution in [0.1, 0.15) is 5.56 Å². The van der Waals surface area contributed by atoms with Gasteiger partial charge < -0.3 is 5.32 Å². The molecule has 1 aromatic heterocycles. The van der Waals surface area contributed by atoms with Crippen molar-refractivity contribution in [2.24, 2.45) is 7.05 Å². The summed E-state index contributed by atoms with van der Waals surface area (Å²) in [7, 11) is 1.54. The summed E-state index contributed by atoms with van der Waals surface area (Å²) >= 11 is 0. The Kier molecular flexibility index (Phi) is 6.33. The van der Waals surface area contributed by atoms with Gasteiger partial charge in [0.1, 0.15) is 7.05 Å². The Morgan fingerprint density at radius 2 is 1.57 bits per heavy atom. The first-order valence-electron chi connectivity index (χ1n) is 6.39. The van der Waals surface area contributed by atoms with E-state index in [4.69, 9.17) is 0 Å². The number of hydrogen-bond donors (Lipinski definition) is 1. The second-order valence-corrected chi connectivity index (χ2v) is 6.15. The number of anilines is 1. The zero-order valence-electron chi connectivity index (χ0n) is 12.7. The Bertz CT molecular complexity index is 650. The van der Waals surface area contributed by atoms with Crippen LogP contribution in [0.2, 0.25) is 0 Å². The summed E-state index contributed by atoms with van der Waals surface area (Å²) in [5.74, 6) is 0. The summed E-state index contributed by atoms with van der Waals surface area (Å²) in [5, 5.41) is 3.04. The van der Waals surface area contributed by atoms with Gasteiger partial charge in [0.15, 0.2) is 12.4 Å². The summed E-state index contributed by atoms with van der Waals surface area (Å²) in [6.45, 7) is 1.89. The molecule has 1 heterocycles. The lowest BCUT2D eigenvalue weighted by atomic mass is 10.2. The molecule has 1 aromatic carbocycles. The molecule has 0 radical (unpaired) electrons. The molecule has 2 rings (SSSR count). The highest BCUT2D eigenvalue weighted by atomic mass is 32.2. The molecule has 0 aliphatic carbocycles. The third kappa shape index (κ3) is 5.53. The van der Waals surface area contributed by atoms with E-state index in [2.05, 4.69) is 9.50 Å². The summed E-state index contributed by atoms with van der Waals surface area (Å²) in [4.78, 5) is 0.190. The van der Waals surface area contributed by atoms with Crippen LogP contribution >= 0.6 is 0 Å². The number of nitrogens with one attached hydrogen (secondary N) is 1. The van der Waals surface area contributed by atoms with Crippen LogP contribution in [-0.2, 0) is 21.3 Å². The predicted octanol–water partition coefficient (Wildman–Crippen LogP) is 1.88. The first-order valence-corrected chi connectivity index (χ1v) is 7.80. The van der Waals surface area contributed by atoms with Crippen LogP contribution < -0.4 is 9.88 Å². The minimum Gasteiger partial charge on any atom is -0.388 e. The van der Waals surface area contributed by atoms with E-state index in [9.17, 15) is 8.42 Å². The lowest BCUT2D eigenvalue weighted by Crippen LogP contribution is -2.25. The molecule has 6 heteroatoms. The Hall–Kier alpha value is -1.92. The number of pyridine rings is 1. The van der Waals surface area contributed by atoms with Crippen molar-refractivity contribution in [3.8, 4) is 0 Å². The molecule has 0 amide bonds. The maximum atomic E-state index is 11.1. The van der Waals surface area contributed by atoms with Crippen LogP contribution in [0.4, 0.5) is 5.69 Å². The van der Waals surface area contributed by atoms with Crippen LogP contribution in [0.15, 0.2) is 53.7 Å². The van der Waals surface area contributed by atoms with Crippen molar-refractivity contribution in [2.75, 3.05) is 19.5 Å². The highest BCUT2D eigenvalue weighted by Gasteiger charge is 2.11. The van der Waals surface area contributed by atoms with Gasteiger partial charge in [-0.1, -0.05) is 17.7 Å². The molecular formula is C15H21N2O3S+. The standard InChI is InChI=1S/C8H10O3S.C7H10N2/c1-7-3-5-8(6-4-7)12(9,10)11-2;1-8-7-3-5-9(2)6-4-7/h3-6H,1-2H3;3-6H,1-2H3/p+1. The van der Waals surface area contributed by atoms with Gasteiger partial charge in [-0.05, 0) is 19.1 Å². The molecule has 21 heavy (non-hydrogen) atoms. The van der Waals surface area contributed by atoms with Crippen molar-refractivity contribution in [3.05, 3.63) is 54.4 Å². The smallest absolute Gasteiger partial charge is 0.296 e. The van der Waals surface area contributed by atoms with Gasteiger partial charge in [0.25, 0.3) is 10.1 Å². The largest absolute Gasteiger partial charge is 0.388 e. The van der Waals surface area contributed by atoms with E-state index in [1.54, 1.807) is 12.1 Å². The second kappa shape index (κ2) is 7.75. The molecule has 0 aliphatic rings. The molecule has 0 atom stereocenters. The molecule has 0 bridgehead atoms. The van der Waals surface area contributed by atoms with Gasteiger partial charge in [-0.15, -0.1) is 0 Å². The van der Waals surface area contributed by atoms with Crippen molar-refractivity contribution in [1.82, 2.24) is 0 Å². The van der Waals surface area contributed by atoms with Crippen molar-refractivity contribution in [3.63, 3.8) is 0 Å². The van der Waals surface area contributed by atoms with Gasteiger partial charge in [0.05, 0.1) is 12.0 Å². The van der Waals surface area contributed by atoms with Crippen LogP contribution in [0, 0.1) is 6.92 Å². The third-order valence-corrected chi connectivity index (χ3v) is 4.08. The maximum Gasteiger partial charge on any atom is 0.296 e. The summed E-state index contributed by atoms with van der Waals surface area (Å²) in [5.41, 5.74) is 2.16. The monoisotopic (exact) mass is 309 g/mol. The van der Waals surface area contributed by atoms with Crippen LogP contribution in [-0.4, -0.2) is 22.6 Å². The lowest BCUT2D eigenvalue weighted by Gasteiger charge is -2.00. The fraction of sp³-hybridized carbons (Fsp3) is 0.267. The van der Waals surface area contributed by atoms with Crippen molar-refractivity contribution in [1.29, 1.82) is 0 Å². The molecule has 2 aromatic rings. The average Bonchev–Trinajstić information content (AvgIpc) is 2.49. The van der Waals surface area contributed by atoms with Crippen LogP contribution in [0.5, 0.6) is 0 Å². The predicted molar refractivity (Wildman–Crippen MR) is 82.5 cm³/mol. The highest BCUT2D eigenvalue weighted by molar-refractivity contribution is 7.86. The van der Waals surface area contributed by atoms with E-state index >= 15 is 0 Å². The molecule has 114 valence electrons. The SMILES string of the molecule is CNc1cc[n+](C)cc1.COS(=O)(=O)c1ccc(C)cc1. The van der Waals surface area contributed by atoms with Gasteiger partial charge in [0, 0.05) is 24.9 Å². The minimum atomic E-state index is -3.51. The van der Waals surface area contributed by atoms with Gasteiger partial charge in [-0.25, -0.2) is 4.57 Å². The van der Waals surface area contributed by atoms with E-state index in [0.717, 1.165) is 18.4 Å². The van der Waals surface area contributed by atoms with E-state index in [0.29, 0.717) is 0 Å². The zero-order chi connectivity index (χ0) is 15.9. The molecule has 0 saturated heterocycles. The van der Waals surface area contributed by atoms with Crippen molar-refractivity contribution < 1.29 is 17.2 Å². The number of rotatable bonds is 3. The summed E-state index contributed by atoms with van der Waals surface area (Å²) in [6, 6.07) is 10.6. The fourth-order valence-corrected chi connectivity index (χ4v) is 2.13. The van der Waals surface area contributed by atoms with Gasteiger partial charge >= 0.3 is 0 Å². The van der Waals surface area contributed by atoms with E-state index < -0.39 is 10.1 Å². The molecule has 0 unspecified atom stereocenters. The van der Waals surface area contributed by atoms with Crippen molar-refractivity contribution >= 4 is 15.8 Å². The first-order chi connectivity index (χ1) is 9.89. The molecule has 0 saturated carbocycles. The molecule has 5 nitrogen and oxygen atoms in total. The second-order valence-electron chi connectivity index (χ2n) is 4.44. The van der Waals surface area contributed by atoms with E-state index in [-0.39, 0.29) is 4.90 Å². The lowest BCUT2D eigenvalue weighted by molar-refractivity contribution is -0.671. The number of aryl methyl sites for hydroxylation is 2. The summed E-state index contributed by atoms with van der Waals surface area (Å²) in [6.07, 6.45) is 4.01. The highest BCUT2D eigenvalue weighted by Crippen LogP contribution is 2.11. The minimum absolute atomic E-state index is 0.190. The Morgan fingerprint density at radius 1 is 1.05 bits per heavy atom. The maximum absolute atomic E-state index is 11.1. The zero-order valence-corrected chi connectivity index (χ0v) is 13.5. The Morgan fingerprint density at radius 3 is 2.00 bits per heavy atom. The van der Waals surface area contributed by atoms with Crippen LogP contribution in [0.3, 0.4) is 0 Å². The quantitative estimate of drug-likeness (QED) is 0.695. The molecule has 0 spiro atoms. The first kappa shape index (κ1) is 17.1. The molecular weight excluding hydrogens is 288 g/mol. The Labute approximate surface area is 126 Å². The average molecular weight is 309 g/mol. The molecule has 0 fully saturated rings. The van der Waals surface area contributed by atoms with Gasteiger partial charge in [-0.3, -0.25) is 4.18 Å². The normalized spacial score (nSPS) is 10.5. The Balaban J connectivity index is 0.000000219.